The molecule has 3 heterocycles. The van der Waals surface area contributed by atoms with Gasteiger partial charge in [-0.05, 0) is 31.2 Å². The van der Waals surface area contributed by atoms with Crippen molar-refractivity contribution in [3.8, 4) is 5.82 Å². The minimum absolute atomic E-state index is 0.258. The number of benzene rings is 1. The first-order valence-corrected chi connectivity index (χ1v) is 8.56. The predicted molar refractivity (Wildman–Crippen MR) is 107 cm³/mol. The van der Waals surface area contributed by atoms with Crippen LogP contribution in [-0.4, -0.2) is 35.4 Å². The van der Waals surface area contributed by atoms with Gasteiger partial charge < -0.3 is 10.6 Å². The van der Waals surface area contributed by atoms with Crippen LogP contribution in [0.3, 0.4) is 0 Å². The number of rotatable bonds is 5. The molecule has 28 heavy (non-hydrogen) atoms. The summed E-state index contributed by atoms with van der Waals surface area (Å²) in [5.74, 6) is 1.59. The van der Waals surface area contributed by atoms with Gasteiger partial charge in [0.05, 0.1) is 17.4 Å². The number of nitrogens with one attached hydrogen (secondary N) is 2. The summed E-state index contributed by atoms with van der Waals surface area (Å²) < 4.78 is 3.45. The molecule has 0 spiro atoms. The largest absolute Gasteiger partial charge is 0.323 e. The van der Waals surface area contributed by atoms with E-state index in [9.17, 15) is 4.79 Å². The highest BCUT2D eigenvalue weighted by atomic mass is 16.1. The zero-order chi connectivity index (χ0) is 19.7. The molecule has 0 saturated heterocycles. The molecule has 0 bridgehead atoms. The van der Waals surface area contributed by atoms with Gasteiger partial charge in [0.15, 0.2) is 5.82 Å². The molecule has 140 valence electrons. The third kappa shape index (κ3) is 3.20. The molecule has 0 saturated carbocycles. The van der Waals surface area contributed by atoms with Crippen molar-refractivity contribution in [3.63, 3.8) is 0 Å². The Labute approximate surface area is 160 Å². The number of nitrogens with zero attached hydrogens (tertiary/aromatic N) is 6. The molecule has 0 fully saturated rings. The Balaban J connectivity index is 1.71. The number of anilines is 3. The molecule has 0 aliphatic heterocycles. The number of aryl methyl sites for hydroxylation is 2. The van der Waals surface area contributed by atoms with Crippen LogP contribution in [0.25, 0.3) is 16.7 Å². The van der Waals surface area contributed by atoms with Gasteiger partial charge in [0.2, 0.25) is 11.9 Å². The Bertz CT molecular complexity index is 1190. The minimum atomic E-state index is -0.258. The van der Waals surface area contributed by atoms with Crippen LogP contribution in [0.4, 0.5) is 17.5 Å². The fourth-order valence-corrected chi connectivity index (χ4v) is 2.85. The molecule has 1 amide bonds. The number of amides is 1. The maximum Gasteiger partial charge on any atom is 0.247 e. The quantitative estimate of drug-likeness (QED) is 0.521. The molecule has 0 unspecified atom stereocenters. The summed E-state index contributed by atoms with van der Waals surface area (Å²) in [6.07, 6.45) is 4.60. The van der Waals surface area contributed by atoms with E-state index < -0.39 is 0 Å². The maximum atomic E-state index is 11.5. The predicted octanol–water partition coefficient (Wildman–Crippen LogP) is 2.73. The SMILES string of the molecule is C=CC(=O)Nc1ccc2c(c1)c(C)nn2-c1ccnc(Nc2ccnn2C)n1. The van der Waals surface area contributed by atoms with E-state index in [2.05, 4.69) is 37.4 Å². The van der Waals surface area contributed by atoms with E-state index in [-0.39, 0.29) is 5.91 Å². The van der Waals surface area contributed by atoms with Crippen molar-refractivity contribution in [1.29, 1.82) is 0 Å². The highest BCUT2D eigenvalue weighted by Crippen LogP contribution is 2.25. The topological polar surface area (TPSA) is 103 Å². The molecule has 0 aliphatic carbocycles. The molecule has 0 atom stereocenters. The van der Waals surface area contributed by atoms with E-state index in [0.717, 1.165) is 22.4 Å². The fraction of sp³-hybridized carbons (Fsp3) is 0.105. The van der Waals surface area contributed by atoms with E-state index in [1.807, 2.05) is 38.2 Å². The standard InChI is InChI=1S/C19H18N8O/c1-4-18(28)22-13-5-6-15-14(11-13)12(2)25-27(15)17-7-9-20-19(24-17)23-16-8-10-21-26(16)3/h4-11H,1H2,2-3H3,(H,22,28)(H,20,23,24). The van der Waals surface area contributed by atoms with Gasteiger partial charge in [0, 0.05) is 36.5 Å². The zero-order valence-electron chi connectivity index (χ0n) is 15.4. The van der Waals surface area contributed by atoms with Gasteiger partial charge in [-0.15, -0.1) is 0 Å². The molecule has 0 radical (unpaired) electrons. The molecular weight excluding hydrogens is 356 g/mol. The highest BCUT2D eigenvalue weighted by molar-refractivity contribution is 6.00. The summed E-state index contributed by atoms with van der Waals surface area (Å²) >= 11 is 0. The van der Waals surface area contributed by atoms with E-state index in [1.165, 1.54) is 6.08 Å². The van der Waals surface area contributed by atoms with E-state index in [4.69, 9.17) is 0 Å². The summed E-state index contributed by atoms with van der Waals surface area (Å²) in [4.78, 5) is 20.4. The van der Waals surface area contributed by atoms with Crippen molar-refractivity contribution in [3.05, 3.63) is 61.1 Å². The van der Waals surface area contributed by atoms with Crippen molar-refractivity contribution in [2.45, 2.75) is 6.92 Å². The van der Waals surface area contributed by atoms with Crippen molar-refractivity contribution in [2.24, 2.45) is 7.05 Å². The summed E-state index contributed by atoms with van der Waals surface area (Å²) in [6, 6.07) is 9.21. The van der Waals surface area contributed by atoms with Crippen LogP contribution < -0.4 is 10.6 Å². The number of carbonyl (C=O) groups excluding carboxylic acids is 1. The summed E-state index contributed by atoms with van der Waals surface area (Å²) in [5.41, 5.74) is 2.38. The Kier molecular flexibility index (Phi) is 4.32. The van der Waals surface area contributed by atoms with Gasteiger partial charge in [-0.2, -0.15) is 15.2 Å². The lowest BCUT2D eigenvalue weighted by Crippen LogP contribution is -2.07. The summed E-state index contributed by atoms with van der Waals surface area (Å²) in [5, 5.41) is 15.5. The fourth-order valence-electron chi connectivity index (χ4n) is 2.85. The Morgan fingerprint density at radius 2 is 2.07 bits per heavy atom. The van der Waals surface area contributed by atoms with Crippen LogP contribution in [0.15, 0.2) is 55.4 Å². The number of hydrogen-bond donors (Lipinski definition) is 2. The minimum Gasteiger partial charge on any atom is -0.323 e. The van der Waals surface area contributed by atoms with Gasteiger partial charge in [-0.25, -0.2) is 9.67 Å². The third-order valence-corrected chi connectivity index (χ3v) is 4.24. The van der Waals surface area contributed by atoms with Gasteiger partial charge in [-0.3, -0.25) is 9.48 Å². The van der Waals surface area contributed by atoms with Crippen molar-refractivity contribution >= 4 is 34.3 Å². The van der Waals surface area contributed by atoms with Crippen LogP contribution in [0.5, 0.6) is 0 Å². The van der Waals surface area contributed by atoms with E-state index in [0.29, 0.717) is 17.5 Å². The lowest BCUT2D eigenvalue weighted by atomic mass is 10.2. The molecule has 9 nitrogen and oxygen atoms in total. The Morgan fingerprint density at radius 3 is 2.82 bits per heavy atom. The molecule has 9 heteroatoms. The smallest absolute Gasteiger partial charge is 0.247 e. The lowest BCUT2D eigenvalue weighted by Gasteiger charge is -2.07. The van der Waals surface area contributed by atoms with Crippen molar-refractivity contribution in [1.82, 2.24) is 29.5 Å². The Hall–Kier alpha value is -4.01. The highest BCUT2D eigenvalue weighted by Gasteiger charge is 2.12. The average Bonchev–Trinajstić information content (AvgIpc) is 3.25. The van der Waals surface area contributed by atoms with Crippen molar-refractivity contribution < 1.29 is 4.79 Å². The first-order valence-electron chi connectivity index (χ1n) is 8.56. The molecule has 4 rings (SSSR count). The normalized spacial score (nSPS) is 10.8. The molecule has 1 aromatic carbocycles. The summed E-state index contributed by atoms with van der Waals surface area (Å²) in [7, 11) is 1.83. The molecule has 2 N–H and O–H groups in total. The second-order valence-corrected chi connectivity index (χ2v) is 6.13. The zero-order valence-corrected chi connectivity index (χ0v) is 15.4. The number of aromatic nitrogens is 6. The molecule has 4 aromatic rings. The lowest BCUT2D eigenvalue weighted by molar-refractivity contribution is -0.111. The first kappa shape index (κ1) is 17.4. The van der Waals surface area contributed by atoms with Gasteiger partial charge in [-0.1, -0.05) is 6.58 Å². The number of carbonyl (C=O) groups is 1. The number of hydrogen-bond acceptors (Lipinski definition) is 6. The van der Waals surface area contributed by atoms with Crippen LogP contribution >= 0.6 is 0 Å². The van der Waals surface area contributed by atoms with Gasteiger partial charge in [0.1, 0.15) is 5.82 Å². The third-order valence-electron chi connectivity index (χ3n) is 4.24. The Morgan fingerprint density at radius 1 is 1.21 bits per heavy atom. The monoisotopic (exact) mass is 374 g/mol. The van der Waals surface area contributed by atoms with Gasteiger partial charge in [0.25, 0.3) is 0 Å². The molecule has 0 aliphatic rings. The summed E-state index contributed by atoms with van der Waals surface area (Å²) in [6.45, 7) is 5.38. The average molecular weight is 374 g/mol. The van der Waals surface area contributed by atoms with Crippen LogP contribution in [0, 0.1) is 6.92 Å². The maximum absolute atomic E-state index is 11.5. The molecular formula is C19H18N8O. The van der Waals surface area contributed by atoms with Crippen LogP contribution in [0.1, 0.15) is 5.69 Å². The van der Waals surface area contributed by atoms with Crippen LogP contribution in [-0.2, 0) is 11.8 Å². The number of fused-ring (bicyclic) bond motifs is 1. The van der Waals surface area contributed by atoms with E-state index in [1.54, 1.807) is 27.8 Å². The molecule has 3 aromatic heterocycles. The van der Waals surface area contributed by atoms with E-state index >= 15 is 0 Å². The second kappa shape index (κ2) is 6.95. The van der Waals surface area contributed by atoms with Crippen LogP contribution in [0.2, 0.25) is 0 Å². The second-order valence-electron chi connectivity index (χ2n) is 6.13. The first-order chi connectivity index (χ1) is 13.5. The van der Waals surface area contributed by atoms with Gasteiger partial charge >= 0.3 is 0 Å². The van der Waals surface area contributed by atoms with Crippen molar-refractivity contribution in [2.75, 3.05) is 10.6 Å².